The van der Waals surface area contributed by atoms with Crippen molar-refractivity contribution in [3.05, 3.63) is 41.1 Å². The second kappa shape index (κ2) is 5.34. The number of halogens is 1. The summed E-state index contributed by atoms with van der Waals surface area (Å²) in [5.74, 6) is 0. The molecular formula is C12H14BrN3O2S. The number of hydrogen-bond acceptors (Lipinski definition) is 3. The minimum atomic E-state index is -3.58. The smallest absolute Gasteiger partial charge is 0.262 e. The van der Waals surface area contributed by atoms with Gasteiger partial charge in [0.25, 0.3) is 10.0 Å². The van der Waals surface area contributed by atoms with Crippen LogP contribution in [0.5, 0.6) is 0 Å². The standard InChI is InChI=1S/C12H14BrN3O2S/c1-9(2)16-8-11(7-14-16)15-19(17,18)12-5-3-4-10(13)6-12/h3-9,15H,1-2H3. The summed E-state index contributed by atoms with van der Waals surface area (Å²) in [5.41, 5.74) is 0.452. The van der Waals surface area contributed by atoms with E-state index in [0.717, 1.165) is 0 Å². The molecule has 7 heteroatoms. The zero-order valence-corrected chi connectivity index (χ0v) is 12.9. The fraction of sp³-hybridized carbons (Fsp3) is 0.250. The number of nitrogens with one attached hydrogen (secondary N) is 1. The molecule has 0 spiro atoms. The van der Waals surface area contributed by atoms with Crippen molar-refractivity contribution in [3.63, 3.8) is 0 Å². The fourth-order valence-electron chi connectivity index (χ4n) is 1.52. The zero-order valence-electron chi connectivity index (χ0n) is 10.5. The van der Waals surface area contributed by atoms with Crippen molar-refractivity contribution in [2.45, 2.75) is 24.8 Å². The summed E-state index contributed by atoms with van der Waals surface area (Å²) in [5, 5.41) is 4.09. The van der Waals surface area contributed by atoms with E-state index in [4.69, 9.17) is 0 Å². The monoisotopic (exact) mass is 343 g/mol. The number of benzene rings is 1. The Morgan fingerprint density at radius 2 is 2.11 bits per heavy atom. The number of rotatable bonds is 4. The maximum absolute atomic E-state index is 12.2. The summed E-state index contributed by atoms with van der Waals surface area (Å²) in [6.45, 7) is 3.94. The molecule has 5 nitrogen and oxygen atoms in total. The number of anilines is 1. The van der Waals surface area contributed by atoms with Crippen LogP contribution in [0.4, 0.5) is 5.69 Å². The Kier molecular flexibility index (Phi) is 3.96. The van der Waals surface area contributed by atoms with Crippen LogP contribution in [0.1, 0.15) is 19.9 Å². The molecule has 1 aromatic heterocycles. The van der Waals surface area contributed by atoms with Gasteiger partial charge in [-0.25, -0.2) is 8.42 Å². The largest absolute Gasteiger partial charge is 0.276 e. The van der Waals surface area contributed by atoms with Crippen LogP contribution in [0.2, 0.25) is 0 Å². The van der Waals surface area contributed by atoms with Gasteiger partial charge in [0.1, 0.15) is 0 Å². The van der Waals surface area contributed by atoms with Crippen molar-refractivity contribution in [1.82, 2.24) is 9.78 Å². The molecule has 0 amide bonds. The fourth-order valence-corrected chi connectivity index (χ4v) is 3.15. The minimum Gasteiger partial charge on any atom is -0.276 e. The highest BCUT2D eigenvalue weighted by atomic mass is 79.9. The molecule has 0 unspecified atom stereocenters. The Balaban J connectivity index is 2.26. The summed E-state index contributed by atoms with van der Waals surface area (Å²) < 4.78 is 29.2. The molecule has 1 N–H and O–H groups in total. The normalized spacial score (nSPS) is 11.8. The Morgan fingerprint density at radius 3 is 2.68 bits per heavy atom. The Hall–Kier alpha value is -1.34. The highest BCUT2D eigenvalue weighted by molar-refractivity contribution is 9.10. The molecular weight excluding hydrogens is 330 g/mol. The van der Waals surface area contributed by atoms with Gasteiger partial charge in [-0.3, -0.25) is 9.40 Å². The molecule has 1 heterocycles. The topological polar surface area (TPSA) is 64.0 Å². The van der Waals surface area contributed by atoms with Gasteiger partial charge in [0, 0.05) is 16.7 Å². The van der Waals surface area contributed by atoms with Gasteiger partial charge in [-0.05, 0) is 32.0 Å². The van der Waals surface area contributed by atoms with Crippen molar-refractivity contribution < 1.29 is 8.42 Å². The zero-order chi connectivity index (χ0) is 14.0. The van der Waals surface area contributed by atoms with Crippen LogP contribution in [0.15, 0.2) is 46.0 Å². The first-order valence-electron chi connectivity index (χ1n) is 5.71. The van der Waals surface area contributed by atoms with Crippen molar-refractivity contribution >= 4 is 31.6 Å². The van der Waals surface area contributed by atoms with E-state index < -0.39 is 10.0 Å². The van der Waals surface area contributed by atoms with Gasteiger partial charge in [0.2, 0.25) is 0 Å². The lowest BCUT2D eigenvalue weighted by molar-refractivity contribution is 0.532. The van der Waals surface area contributed by atoms with E-state index >= 15 is 0 Å². The molecule has 0 aliphatic heterocycles. The van der Waals surface area contributed by atoms with Crippen LogP contribution in [0.25, 0.3) is 0 Å². The molecule has 2 aromatic rings. The van der Waals surface area contributed by atoms with Crippen molar-refractivity contribution in [1.29, 1.82) is 0 Å². The number of sulfonamides is 1. The lowest BCUT2D eigenvalue weighted by Crippen LogP contribution is -2.12. The summed E-state index contributed by atoms with van der Waals surface area (Å²) in [6, 6.07) is 6.73. The van der Waals surface area contributed by atoms with Crippen LogP contribution in [-0.4, -0.2) is 18.2 Å². The van der Waals surface area contributed by atoms with E-state index in [1.54, 1.807) is 35.1 Å². The second-order valence-electron chi connectivity index (χ2n) is 4.37. The minimum absolute atomic E-state index is 0.184. The average molecular weight is 344 g/mol. The van der Waals surface area contributed by atoms with Crippen LogP contribution in [-0.2, 0) is 10.0 Å². The number of aromatic nitrogens is 2. The first-order chi connectivity index (χ1) is 8.88. The molecule has 0 fully saturated rings. The van der Waals surface area contributed by atoms with Gasteiger partial charge in [-0.15, -0.1) is 0 Å². The maximum atomic E-state index is 12.2. The third-order valence-corrected chi connectivity index (χ3v) is 4.36. The van der Waals surface area contributed by atoms with E-state index in [1.165, 1.54) is 6.20 Å². The van der Waals surface area contributed by atoms with E-state index in [0.29, 0.717) is 10.2 Å². The molecule has 0 saturated heterocycles. The van der Waals surface area contributed by atoms with E-state index in [1.807, 2.05) is 13.8 Å². The van der Waals surface area contributed by atoms with Crippen LogP contribution >= 0.6 is 15.9 Å². The van der Waals surface area contributed by atoms with Gasteiger partial charge in [0.15, 0.2) is 0 Å². The third-order valence-electron chi connectivity index (χ3n) is 2.49. The van der Waals surface area contributed by atoms with Crippen LogP contribution in [0.3, 0.4) is 0 Å². The highest BCUT2D eigenvalue weighted by Gasteiger charge is 2.15. The third kappa shape index (κ3) is 3.36. The Morgan fingerprint density at radius 1 is 1.37 bits per heavy atom. The van der Waals surface area contributed by atoms with Gasteiger partial charge < -0.3 is 0 Å². The van der Waals surface area contributed by atoms with Crippen molar-refractivity contribution in [2.24, 2.45) is 0 Å². The van der Waals surface area contributed by atoms with E-state index in [9.17, 15) is 8.42 Å². The number of hydrogen-bond donors (Lipinski definition) is 1. The first kappa shape index (κ1) is 14.1. The molecule has 19 heavy (non-hydrogen) atoms. The lowest BCUT2D eigenvalue weighted by atomic mass is 10.4. The molecule has 0 atom stereocenters. The van der Waals surface area contributed by atoms with Crippen molar-refractivity contribution in [3.8, 4) is 0 Å². The van der Waals surface area contributed by atoms with Gasteiger partial charge in [-0.2, -0.15) is 5.10 Å². The SMILES string of the molecule is CC(C)n1cc(NS(=O)(=O)c2cccc(Br)c2)cn1. The van der Waals surface area contributed by atoms with E-state index in [-0.39, 0.29) is 10.9 Å². The molecule has 0 saturated carbocycles. The van der Waals surface area contributed by atoms with E-state index in [2.05, 4.69) is 25.8 Å². The summed E-state index contributed by atoms with van der Waals surface area (Å²) in [6.07, 6.45) is 3.16. The molecule has 2 rings (SSSR count). The van der Waals surface area contributed by atoms with Crippen LogP contribution < -0.4 is 4.72 Å². The molecule has 0 radical (unpaired) electrons. The second-order valence-corrected chi connectivity index (χ2v) is 6.96. The Bertz CT molecular complexity index is 680. The molecule has 0 aliphatic carbocycles. The lowest BCUT2D eigenvalue weighted by Gasteiger charge is -2.06. The summed E-state index contributed by atoms with van der Waals surface area (Å²) >= 11 is 3.25. The molecule has 1 aromatic carbocycles. The summed E-state index contributed by atoms with van der Waals surface area (Å²) in [7, 11) is -3.58. The number of nitrogens with zero attached hydrogens (tertiary/aromatic N) is 2. The molecule has 0 aliphatic rings. The summed E-state index contributed by atoms with van der Waals surface area (Å²) in [4.78, 5) is 0.208. The molecule has 0 bridgehead atoms. The maximum Gasteiger partial charge on any atom is 0.262 e. The quantitative estimate of drug-likeness (QED) is 0.927. The van der Waals surface area contributed by atoms with Gasteiger partial charge >= 0.3 is 0 Å². The van der Waals surface area contributed by atoms with Crippen LogP contribution in [0, 0.1) is 0 Å². The van der Waals surface area contributed by atoms with Gasteiger partial charge in [-0.1, -0.05) is 22.0 Å². The average Bonchev–Trinajstić information content (AvgIpc) is 2.77. The predicted molar refractivity (Wildman–Crippen MR) is 77.6 cm³/mol. The van der Waals surface area contributed by atoms with Crippen molar-refractivity contribution in [2.75, 3.05) is 4.72 Å². The predicted octanol–water partition coefficient (Wildman–Crippen LogP) is 3.03. The van der Waals surface area contributed by atoms with Gasteiger partial charge in [0.05, 0.1) is 16.8 Å². The highest BCUT2D eigenvalue weighted by Crippen LogP contribution is 2.19. The first-order valence-corrected chi connectivity index (χ1v) is 7.98. The Labute approximate surface area is 120 Å². The molecule has 102 valence electrons.